The molecule has 1 aromatic carbocycles. The average molecular weight is 394 g/mol. The number of benzene rings is 1. The zero-order valence-electron chi connectivity index (χ0n) is 16.6. The molecule has 4 aliphatic rings. The maximum Gasteiger partial charge on any atom is 0.312 e. The standard InChI is InChI=1S/C23H26N2O4/c1-15(26)25-23-10-16-7-17(11-23)9-22(8-16,14-23)21(27)28-13-20-24-12-19(29-20)18-5-3-2-4-6-18/h2-6,12,16-17H,7-11,13-14H2,1H3,(H,25,26)/t16-,17+,22?,23?. The lowest BCUT2D eigenvalue weighted by molar-refractivity contribution is -0.178. The second-order valence-electron chi connectivity index (χ2n) is 9.26. The van der Waals surface area contributed by atoms with Crippen LogP contribution in [0.2, 0.25) is 0 Å². The first-order valence-electron chi connectivity index (χ1n) is 10.4. The summed E-state index contributed by atoms with van der Waals surface area (Å²) in [5.74, 6) is 1.86. The third-order valence-electron chi connectivity index (χ3n) is 6.87. The van der Waals surface area contributed by atoms with Crippen LogP contribution in [0.1, 0.15) is 51.3 Å². The maximum absolute atomic E-state index is 13.2. The minimum Gasteiger partial charge on any atom is -0.455 e. The van der Waals surface area contributed by atoms with E-state index < -0.39 is 5.41 Å². The van der Waals surface area contributed by atoms with Crippen LogP contribution in [-0.2, 0) is 20.9 Å². The summed E-state index contributed by atoms with van der Waals surface area (Å²) >= 11 is 0. The van der Waals surface area contributed by atoms with Crippen molar-refractivity contribution in [1.82, 2.24) is 10.3 Å². The van der Waals surface area contributed by atoms with Crippen LogP contribution in [0.4, 0.5) is 0 Å². The van der Waals surface area contributed by atoms with Gasteiger partial charge in [-0.15, -0.1) is 0 Å². The minimum absolute atomic E-state index is 0.0105. The van der Waals surface area contributed by atoms with Gasteiger partial charge in [-0.1, -0.05) is 30.3 Å². The van der Waals surface area contributed by atoms with E-state index in [0.29, 0.717) is 29.9 Å². The van der Waals surface area contributed by atoms with Gasteiger partial charge >= 0.3 is 5.97 Å². The Bertz CT molecular complexity index is 921. The molecule has 0 spiro atoms. The van der Waals surface area contributed by atoms with E-state index >= 15 is 0 Å². The van der Waals surface area contributed by atoms with Crippen molar-refractivity contribution in [2.45, 2.75) is 57.6 Å². The van der Waals surface area contributed by atoms with Gasteiger partial charge in [0.05, 0.1) is 11.6 Å². The van der Waals surface area contributed by atoms with Gasteiger partial charge in [0, 0.05) is 18.0 Å². The Hall–Kier alpha value is -2.63. The predicted octanol–water partition coefficient (Wildman–Crippen LogP) is 3.86. The van der Waals surface area contributed by atoms with E-state index in [1.54, 1.807) is 13.1 Å². The fourth-order valence-corrected chi connectivity index (χ4v) is 6.41. The molecule has 0 radical (unpaired) electrons. The first-order chi connectivity index (χ1) is 14.0. The SMILES string of the molecule is CC(=O)NC12C[C@H]3C[C@@H](C1)CC(C(=O)OCc1ncc(-c4ccccc4)o1)(C3)C2. The van der Waals surface area contributed by atoms with E-state index in [2.05, 4.69) is 10.3 Å². The van der Waals surface area contributed by atoms with Crippen LogP contribution in [0.5, 0.6) is 0 Å². The molecule has 6 nitrogen and oxygen atoms in total. The summed E-state index contributed by atoms with van der Waals surface area (Å²) in [5.41, 5.74) is 0.218. The summed E-state index contributed by atoms with van der Waals surface area (Å²) in [7, 11) is 0. The summed E-state index contributed by atoms with van der Waals surface area (Å²) in [6, 6.07) is 9.73. The number of nitrogens with one attached hydrogen (secondary N) is 1. The molecule has 2 aromatic rings. The summed E-state index contributed by atoms with van der Waals surface area (Å²) in [4.78, 5) is 29.2. The van der Waals surface area contributed by atoms with Gasteiger partial charge in [0.2, 0.25) is 11.8 Å². The van der Waals surface area contributed by atoms with E-state index in [4.69, 9.17) is 9.15 Å². The molecule has 4 saturated carbocycles. The third-order valence-corrected chi connectivity index (χ3v) is 6.87. The van der Waals surface area contributed by atoms with Gasteiger partial charge in [-0.2, -0.15) is 0 Å². The van der Waals surface area contributed by atoms with Gasteiger partial charge in [-0.25, -0.2) is 4.98 Å². The molecule has 29 heavy (non-hydrogen) atoms. The van der Waals surface area contributed by atoms with Crippen molar-refractivity contribution in [3.05, 3.63) is 42.4 Å². The molecule has 4 atom stereocenters. The number of oxazole rings is 1. The fourth-order valence-electron chi connectivity index (χ4n) is 6.41. The van der Waals surface area contributed by atoms with E-state index in [-0.39, 0.29) is 24.0 Å². The van der Waals surface area contributed by atoms with Crippen LogP contribution >= 0.6 is 0 Å². The fraction of sp³-hybridized carbons (Fsp3) is 0.522. The Labute approximate surface area is 170 Å². The molecular weight excluding hydrogens is 368 g/mol. The largest absolute Gasteiger partial charge is 0.455 e. The van der Waals surface area contributed by atoms with Gasteiger partial charge in [-0.3, -0.25) is 9.59 Å². The number of hydrogen-bond acceptors (Lipinski definition) is 5. The maximum atomic E-state index is 13.2. The molecule has 1 aromatic heterocycles. The first-order valence-corrected chi connectivity index (χ1v) is 10.4. The van der Waals surface area contributed by atoms with Gasteiger partial charge in [0.15, 0.2) is 12.4 Å². The van der Waals surface area contributed by atoms with E-state index in [1.807, 2.05) is 30.3 Å². The lowest BCUT2D eigenvalue weighted by atomic mass is 9.47. The zero-order valence-corrected chi connectivity index (χ0v) is 16.6. The Balaban J connectivity index is 1.29. The molecule has 0 aliphatic heterocycles. The van der Waals surface area contributed by atoms with Crippen LogP contribution in [0.25, 0.3) is 11.3 Å². The second-order valence-corrected chi connectivity index (χ2v) is 9.26. The molecule has 1 N–H and O–H groups in total. The molecule has 4 fully saturated rings. The number of aromatic nitrogens is 1. The van der Waals surface area contributed by atoms with Crippen LogP contribution in [0, 0.1) is 17.3 Å². The topological polar surface area (TPSA) is 81.4 Å². The highest BCUT2D eigenvalue weighted by molar-refractivity contribution is 5.79. The predicted molar refractivity (Wildman–Crippen MR) is 105 cm³/mol. The Morgan fingerprint density at radius 1 is 1.17 bits per heavy atom. The average Bonchev–Trinajstić information content (AvgIpc) is 3.14. The molecule has 4 bridgehead atoms. The Morgan fingerprint density at radius 3 is 2.59 bits per heavy atom. The van der Waals surface area contributed by atoms with Gasteiger partial charge in [0.25, 0.3) is 0 Å². The zero-order chi connectivity index (χ0) is 20.1. The molecular formula is C23H26N2O4. The third kappa shape index (κ3) is 3.34. The van der Waals surface area contributed by atoms with Crippen molar-refractivity contribution < 1.29 is 18.7 Å². The number of nitrogens with zero attached hydrogens (tertiary/aromatic N) is 1. The quantitative estimate of drug-likeness (QED) is 0.779. The summed E-state index contributed by atoms with van der Waals surface area (Å²) in [6.07, 6.45) is 7.21. The summed E-state index contributed by atoms with van der Waals surface area (Å²) < 4.78 is 11.5. The highest BCUT2D eigenvalue weighted by Gasteiger charge is 2.61. The number of carbonyl (C=O) groups is 2. The molecule has 2 unspecified atom stereocenters. The van der Waals surface area contributed by atoms with Crippen LogP contribution in [-0.4, -0.2) is 22.4 Å². The lowest BCUT2D eigenvalue weighted by Crippen LogP contribution is -2.64. The van der Waals surface area contributed by atoms with E-state index in [1.165, 1.54) is 0 Å². The van der Waals surface area contributed by atoms with Crippen LogP contribution < -0.4 is 5.32 Å². The number of carbonyl (C=O) groups excluding carboxylic acids is 2. The summed E-state index contributed by atoms with van der Waals surface area (Å²) in [6.45, 7) is 1.60. The summed E-state index contributed by atoms with van der Waals surface area (Å²) in [5, 5.41) is 3.18. The number of hydrogen-bond donors (Lipinski definition) is 1. The monoisotopic (exact) mass is 394 g/mol. The number of ether oxygens (including phenoxy) is 1. The first kappa shape index (κ1) is 18.4. The number of esters is 1. The molecule has 1 heterocycles. The number of rotatable bonds is 5. The number of amides is 1. The second kappa shape index (κ2) is 6.71. The van der Waals surface area contributed by atoms with E-state index in [0.717, 1.165) is 37.7 Å². The van der Waals surface area contributed by atoms with Crippen molar-refractivity contribution in [2.24, 2.45) is 17.3 Å². The lowest BCUT2D eigenvalue weighted by Gasteiger charge is -2.60. The van der Waals surface area contributed by atoms with Crippen molar-refractivity contribution in [1.29, 1.82) is 0 Å². The Morgan fingerprint density at radius 2 is 1.90 bits per heavy atom. The van der Waals surface area contributed by atoms with Crippen molar-refractivity contribution in [2.75, 3.05) is 0 Å². The molecule has 1 amide bonds. The molecule has 152 valence electrons. The van der Waals surface area contributed by atoms with Gasteiger partial charge in [-0.05, 0) is 50.4 Å². The molecule has 4 aliphatic carbocycles. The van der Waals surface area contributed by atoms with E-state index in [9.17, 15) is 9.59 Å². The normalized spacial score (nSPS) is 32.2. The smallest absolute Gasteiger partial charge is 0.312 e. The minimum atomic E-state index is -0.485. The molecule has 6 rings (SSSR count). The van der Waals surface area contributed by atoms with Gasteiger partial charge < -0.3 is 14.5 Å². The van der Waals surface area contributed by atoms with Crippen molar-refractivity contribution in [3.63, 3.8) is 0 Å². The highest BCUT2D eigenvalue weighted by atomic mass is 16.5. The molecule has 0 saturated heterocycles. The van der Waals surface area contributed by atoms with Gasteiger partial charge in [0.1, 0.15) is 0 Å². The van der Waals surface area contributed by atoms with Crippen LogP contribution in [0.15, 0.2) is 40.9 Å². The van der Waals surface area contributed by atoms with Crippen molar-refractivity contribution >= 4 is 11.9 Å². The molecule has 6 heteroatoms. The highest BCUT2D eigenvalue weighted by Crippen LogP contribution is 2.62. The Kier molecular flexibility index (Phi) is 4.26. The van der Waals surface area contributed by atoms with Crippen LogP contribution in [0.3, 0.4) is 0 Å². The van der Waals surface area contributed by atoms with Crippen molar-refractivity contribution in [3.8, 4) is 11.3 Å².